The third kappa shape index (κ3) is 10.6. The van der Waals surface area contributed by atoms with E-state index in [1.807, 2.05) is 20.8 Å². The lowest BCUT2D eigenvalue weighted by atomic mass is 9.35. The molecule has 0 bridgehead atoms. The minimum Gasteiger partial charge on any atom is -0.394 e. The third-order valence-electron chi connectivity index (χ3n) is 20.5. The monoisotopic (exact) mass is 1080 g/mol. The van der Waals surface area contributed by atoms with E-state index in [1.54, 1.807) is 0 Å². The molecule has 22 heteroatoms. The maximum Gasteiger partial charge on any atom is 0.187 e. The van der Waals surface area contributed by atoms with Crippen molar-refractivity contribution in [2.75, 3.05) is 26.4 Å². The van der Waals surface area contributed by atoms with Gasteiger partial charge in [-0.3, -0.25) is 0 Å². The summed E-state index contributed by atoms with van der Waals surface area (Å²) in [5.74, 6) is -0.431. The van der Waals surface area contributed by atoms with Crippen molar-refractivity contribution in [2.24, 2.45) is 45.3 Å². The fourth-order valence-corrected chi connectivity index (χ4v) is 16.0. The van der Waals surface area contributed by atoms with Gasteiger partial charge in [0, 0.05) is 0 Å². The van der Waals surface area contributed by atoms with Crippen LogP contribution in [0.2, 0.25) is 0 Å². The molecule has 75 heavy (non-hydrogen) atoms. The van der Waals surface area contributed by atoms with Crippen LogP contribution in [0.25, 0.3) is 0 Å². The lowest BCUT2D eigenvalue weighted by molar-refractivity contribution is -0.382. The van der Waals surface area contributed by atoms with Crippen LogP contribution in [0.5, 0.6) is 0 Å². The minimum absolute atomic E-state index is 0.0590. The van der Waals surface area contributed by atoms with Crippen LogP contribution >= 0.6 is 0 Å². The normalized spacial score (nSPS) is 52.7. The van der Waals surface area contributed by atoms with E-state index in [0.29, 0.717) is 38.5 Å². The minimum atomic E-state index is -1.84. The molecule has 14 N–H and O–H groups in total. The van der Waals surface area contributed by atoms with Gasteiger partial charge in [-0.2, -0.15) is 0 Å². The summed E-state index contributed by atoms with van der Waals surface area (Å²) in [4.78, 5) is 0. The van der Waals surface area contributed by atoms with E-state index in [9.17, 15) is 71.5 Å². The van der Waals surface area contributed by atoms with Crippen molar-refractivity contribution in [3.63, 3.8) is 0 Å². The number of hydrogen-bond donors (Lipinski definition) is 14. The zero-order valence-electron chi connectivity index (χ0n) is 44.7. The van der Waals surface area contributed by atoms with Crippen LogP contribution in [0.3, 0.4) is 0 Å². The maximum absolute atomic E-state index is 12.9. The average molecular weight is 1080 g/mol. The molecular weight excluding hydrogens is 989 g/mol. The summed E-state index contributed by atoms with van der Waals surface area (Å²) in [6.07, 6.45) is -22.7. The van der Waals surface area contributed by atoms with E-state index in [1.165, 1.54) is 0 Å². The van der Waals surface area contributed by atoms with Crippen LogP contribution in [0.4, 0.5) is 0 Å². The Morgan fingerprint density at radius 2 is 1.15 bits per heavy atom. The molecule has 0 amide bonds. The first kappa shape index (κ1) is 60.0. The van der Waals surface area contributed by atoms with Gasteiger partial charge in [-0.1, -0.05) is 46.3 Å². The summed E-state index contributed by atoms with van der Waals surface area (Å²) in [6, 6.07) is 0. The van der Waals surface area contributed by atoms with Crippen molar-refractivity contribution in [3.8, 4) is 0 Å². The van der Waals surface area contributed by atoms with E-state index >= 15 is 0 Å². The molecular formula is C53H90O22. The maximum atomic E-state index is 12.9. The quantitative estimate of drug-likeness (QED) is 0.0651. The van der Waals surface area contributed by atoms with E-state index in [0.717, 1.165) is 24.8 Å². The number of allylic oxidation sites excluding steroid dienone is 2. The average Bonchev–Trinajstić information content (AvgIpc) is 3.75. The third-order valence-corrected chi connectivity index (χ3v) is 20.5. The van der Waals surface area contributed by atoms with Crippen molar-refractivity contribution < 1.29 is 109 Å². The largest absolute Gasteiger partial charge is 0.394 e. The van der Waals surface area contributed by atoms with Gasteiger partial charge in [-0.25, -0.2) is 0 Å². The number of ether oxygens (including phenoxy) is 8. The zero-order valence-corrected chi connectivity index (χ0v) is 44.7. The molecule has 0 aromatic carbocycles. The van der Waals surface area contributed by atoms with E-state index in [4.69, 9.17) is 37.9 Å². The van der Waals surface area contributed by atoms with Gasteiger partial charge >= 0.3 is 0 Å². The summed E-state index contributed by atoms with van der Waals surface area (Å²) in [5, 5.41) is 151. The fraction of sp³-hybridized carbons (Fsp3) is 0.962. The second-order valence-electron chi connectivity index (χ2n) is 25.3. The van der Waals surface area contributed by atoms with Gasteiger partial charge in [0.2, 0.25) is 0 Å². The van der Waals surface area contributed by atoms with Crippen LogP contribution in [0.1, 0.15) is 113 Å². The summed E-state index contributed by atoms with van der Waals surface area (Å²) in [5.41, 5.74) is -1.52. The van der Waals surface area contributed by atoms with Crippen LogP contribution in [0.15, 0.2) is 11.6 Å². The molecule has 4 heterocycles. The van der Waals surface area contributed by atoms with Gasteiger partial charge < -0.3 is 109 Å². The lowest BCUT2D eigenvalue weighted by Crippen LogP contribution is -2.68. The number of aliphatic hydroxyl groups is 14. The van der Waals surface area contributed by atoms with Crippen molar-refractivity contribution in [1.29, 1.82) is 0 Å². The van der Waals surface area contributed by atoms with Crippen molar-refractivity contribution in [3.05, 3.63) is 11.6 Å². The van der Waals surface area contributed by atoms with Crippen molar-refractivity contribution >= 4 is 0 Å². The molecule has 0 spiro atoms. The number of hydrogen-bond acceptors (Lipinski definition) is 22. The van der Waals surface area contributed by atoms with Crippen molar-refractivity contribution in [1.82, 2.24) is 0 Å². The smallest absolute Gasteiger partial charge is 0.187 e. The van der Waals surface area contributed by atoms with Gasteiger partial charge in [-0.15, -0.1) is 0 Å². The highest BCUT2D eigenvalue weighted by Crippen LogP contribution is 2.76. The van der Waals surface area contributed by atoms with Gasteiger partial charge in [-0.05, 0) is 124 Å². The molecule has 4 saturated heterocycles. The lowest BCUT2D eigenvalue weighted by Gasteiger charge is -2.71. The van der Waals surface area contributed by atoms with Crippen LogP contribution < -0.4 is 0 Å². The zero-order chi connectivity index (χ0) is 55.1. The Labute approximate surface area is 439 Å². The molecule has 4 saturated carbocycles. The molecule has 4 aliphatic carbocycles. The molecule has 0 aromatic heterocycles. The van der Waals surface area contributed by atoms with Crippen LogP contribution in [-0.4, -0.2) is 232 Å². The first-order valence-corrected chi connectivity index (χ1v) is 27.3. The molecule has 8 aliphatic rings. The van der Waals surface area contributed by atoms with E-state index in [-0.39, 0.29) is 41.1 Å². The summed E-state index contributed by atoms with van der Waals surface area (Å²) >= 11 is 0. The van der Waals surface area contributed by atoms with E-state index < -0.39 is 165 Å². The second kappa shape index (κ2) is 22.7. The molecule has 22 nitrogen and oxygen atoms in total. The SMILES string of the molecule is CC(C)=CCC[C@@](C)(O[C@H]1O[C@@H](CO)[C@H](O)[C@@H](O)[C@@H]1O[C@H]1O[C@@H](CO)[C@H](O)[C@@H](O)[C@@H]1O)[C@@H]1CC[C@@]2(C)[C@H]1[C@@H](O)C[C@H]1[C@]3(C)CC[C@@H](O[C@@H]4O[C@@H](CO[C@H]5OC[C@H](O)[C@@H](O)[C@@H]5O)[C@H](O)[C@@H](O)[C@@H]4O)C(C)(C)[C@H]3CC[C@@]12C. The molecule has 8 fully saturated rings. The molecule has 0 unspecified atom stereocenters. The number of rotatable bonds is 15. The Balaban J connectivity index is 1.01. The van der Waals surface area contributed by atoms with Gasteiger partial charge in [0.1, 0.15) is 91.6 Å². The highest BCUT2D eigenvalue weighted by molar-refractivity contribution is 5.20. The Kier molecular flexibility index (Phi) is 18.1. The van der Waals surface area contributed by atoms with Crippen LogP contribution in [-0.2, 0) is 37.9 Å². The van der Waals surface area contributed by atoms with E-state index in [2.05, 4.69) is 40.7 Å². The first-order valence-electron chi connectivity index (χ1n) is 27.3. The van der Waals surface area contributed by atoms with Gasteiger partial charge in [0.15, 0.2) is 25.2 Å². The highest BCUT2D eigenvalue weighted by atomic mass is 16.8. The summed E-state index contributed by atoms with van der Waals surface area (Å²) in [7, 11) is 0. The fourth-order valence-electron chi connectivity index (χ4n) is 16.0. The molecule has 4 aliphatic heterocycles. The number of aliphatic hydroxyl groups excluding tert-OH is 14. The Morgan fingerprint density at radius 1 is 0.587 bits per heavy atom. The summed E-state index contributed by atoms with van der Waals surface area (Å²) in [6.45, 7) is 15.1. The predicted molar refractivity (Wildman–Crippen MR) is 260 cm³/mol. The molecule has 434 valence electrons. The predicted octanol–water partition coefficient (Wildman–Crippen LogP) is -1.56. The summed E-state index contributed by atoms with van der Waals surface area (Å²) < 4.78 is 48.8. The first-order chi connectivity index (χ1) is 35.1. The molecule has 0 aromatic rings. The molecule has 29 atom stereocenters. The van der Waals surface area contributed by atoms with Crippen molar-refractivity contribution in [2.45, 2.75) is 248 Å². The molecule has 8 rings (SSSR count). The molecule has 0 radical (unpaired) electrons. The topological polar surface area (TPSA) is 357 Å². The Morgan fingerprint density at radius 3 is 1.77 bits per heavy atom. The Bertz CT molecular complexity index is 1940. The highest BCUT2D eigenvalue weighted by Gasteiger charge is 2.72. The second-order valence-corrected chi connectivity index (χ2v) is 25.3. The Hall–Kier alpha value is -1.14. The van der Waals surface area contributed by atoms with Crippen LogP contribution in [0, 0.1) is 45.3 Å². The number of fused-ring (bicyclic) bond motifs is 5. The van der Waals surface area contributed by atoms with Gasteiger partial charge in [0.05, 0.1) is 44.2 Å². The van der Waals surface area contributed by atoms with Gasteiger partial charge in [0.25, 0.3) is 0 Å². The standard InChI is InChI=1S/C53H90O22/c1-23(2)10-9-14-53(8,75-48-44(40(64)36(60)28(20-55)71-48)74-47-43(67)38(62)35(59)27(19-54)70-47)24-11-16-52(7)33(24)25(56)18-31-50(5)15-13-32(49(3,4)30(50)12-17-51(31,52)6)73-46-42(66)39(63)37(61)29(72-46)22-69-45-41(65)34(58)26(57)21-68-45/h10,24-48,54-67H,9,11-22H2,1-8H3/t24-,25+,26+,27+,28+,29+,30-,31+,32-,33-,34-,35+,36+,37+,38-,39-,40-,41+,42+,43+,44+,45-,46+,47-,48-,50-,51+,52+,53-/m1/s1.